The van der Waals surface area contributed by atoms with Gasteiger partial charge in [0.1, 0.15) is 12.3 Å². The molecule has 0 unspecified atom stereocenters. The lowest BCUT2D eigenvalue weighted by atomic mass is 10.2. The number of nitrogens with zero attached hydrogens (tertiary/aromatic N) is 1. The summed E-state index contributed by atoms with van der Waals surface area (Å²) in [6.45, 7) is 0.107. The van der Waals surface area contributed by atoms with Crippen molar-refractivity contribution in [2.75, 3.05) is 14.2 Å². The quantitative estimate of drug-likeness (QED) is 0.774. The maximum Gasteiger partial charge on any atom is 0.357 e. The monoisotopic (exact) mass is 351 g/mol. The highest BCUT2D eigenvalue weighted by Gasteiger charge is 2.13. The summed E-state index contributed by atoms with van der Waals surface area (Å²) in [5.41, 5.74) is 1.05. The van der Waals surface area contributed by atoms with Crippen LogP contribution in [0.2, 0.25) is 0 Å². The van der Waals surface area contributed by atoms with Crippen LogP contribution >= 0.6 is 15.9 Å². The van der Waals surface area contributed by atoms with Crippen LogP contribution < -0.4 is 9.47 Å². The predicted octanol–water partition coefficient (Wildman–Crippen LogP) is 3.22. The summed E-state index contributed by atoms with van der Waals surface area (Å²) in [5.74, 6) is 0.700. The molecule has 1 aromatic carbocycles. The van der Waals surface area contributed by atoms with Gasteiger partial charge in [0, 0.05) is 16.2 Å². The van der Waals surface area contributed by atoms with Gasteiger partial charge in [-0.15, -0.1) is 0 Å². The summed E-state index contributed by atoms with van der Waals surface area (Å²) in [6, 6.07) is 8.60. The van der Waals surface area contributed by atoms with E-state index in [1.807, 2.05) is 0 Å². The van der Waals surface area contributed by atoms with Crippen LogP contribution in [0.5, 0.6) is 11.5 Å². The molecular weight excluding hydrogens is 338 g/mol. The summed E-state index contributed by atoms with van der Waals surface area (Å²) >= 11 is 3.42. The first-order chi connectivity index (χ1) is 10.2. The van der Waals surface area contributed by atoms with E-state index in [0.29, 0.717) is 11.5 Å². The predicted molar refractivity (Wildman–Crippen MR) is 80.6 cm³/mol. The fourth-order valence-electron chi connectivity index (χ4n) is 1.71. The van der Waals surface area contributed by atoms with E-state index in [1.54, 1.807) is 50.7 Å². The lowest BCUT2D eigenvalue weighted by molar-refractivity contribution is 0.0464. The normalized spacial score (nSPS) is 10.0. The number of methoxy groups -OCH3 is 2. The van der Waals surface area contributed by atoms with Crippen molar-refractivity contribution in [3.8, 4) is 11.5 Å². The number of hydrogen-bond acceptors (Lipinski definition) is 5. The van der Waals surface area contributed by atoms with Crippen molar-refractivity contribution in [1.29, 1.82) is 0 Å². The van der Waals surface area contributed by atoms with E-state index in [4.69, 9.17) is 14.2 Å². The number of aromatic nitrogens is 1. The molecule has 21 heavy (non-hydrogen) atoms. The van der Waals surface area contributed by atoms with Gasteiger partial charge >= 0.3 is 5.97 Å². The van der Waals surface area contributed by atoms with Gasteiger partial charge in [0.05, 0.1) is 14.2 Å². The topological polar surface area (TPSA) is 57.7 Å². The molecule has 0 saturated carbocycles. The van der Waals surface area contributed by atoms with E-state index in [9.17, 15) is 4.79 Å². The van der Waals surface area contributed by atoms with E-state index in [-0.39, 0.29) is 12.3 Å². The maximum atomic E-state index is 11.9. The zero-order chi connectivity index (χ0) is 15.2. The minimum Gasteiger partial charge on any atom is -0.493 e. The number of hydrogen-bond donors (Lipinski definition) is 0. The molecule has 0 spiro atoms. The number of pyridine rings is 1. The molecule has 0 fully saturated rings. The molecule has 110 valence electrons. The molecule has 1 aromatic heterocycles. The van der Waals surface area contributed by atoms with E-state index in [0.717, 1.165) is 10.0 Å². The Morgan fingerprint density at radius 3 is 2.52 bits per heavy atom. The second-order valence-electron chi connectivity index (χ2n) is 4.09. The van der Waals surface area contributed by atoms with Gasteiger partial charge in [-0.2, -0.15) is 0 Å². The van der Waals surface area contributed by atoms with Crippen molar-refractivity contribution in [2.24, 2.45) is 0 Å². The van der Waals surface area contributed by atoms with Crippen LogP contribution in [0.25, 0.3) is 0 Å². The van der Waals surface area contributed by atoms with E-state index in [1.165, 1.54) is 0 Å². The van der Waals surface area contributed by atoms with Crippen LogP contribution in [0.3, 0.4) is 0 Å². The third kappa shape index (κ3) is 3.72. The summed E-state index contributed by atoms with van der Waals surface area (Å²) in [4.78, 5) is 15.8. The first-order valence-corrected chi connectivity index (χ1v) is 6.93. The number of ether oxygens (including phenoxy) is 3. The molecule has 0 atom stereocenters. The van der Waals surface area contributed by atoms with Crippen molar-refractivity contribution in [1.82, 2.24) is 4.98 Å². The van der Waals surface area contributed by atoms with Gasteiger partial charge in [-0.3, -0.25) is 0 Å². The van der Waals surface area contributed by atoms with Crippen LogP contribution in [-0.4, -0.2) is 25.2 Å². The molecule has 6 heteroatoms. The van der Waals surface area contributed by atoms with Gasteiger partial charge in [0.25, 0.3) is 0 Å². The van der Waals surface area contributed by atoms with Crippen LogP contribution in [0.4, 0.5) is 0 Å². The molecule has 0 aliphatic rings. The zero-order valence-corrected chi connectivity index (χ0v) is 13.2. The fraction of sp³-hybridized carbons (Fsp3) is 0.200. The number of carbonyl (C=O) groups excluding carboxylic acids is 1. The molecular formula is C15H14BrNO4. The Bertz CT molecular complexity index is 631. The Balaban J connectivity index is 2.11. The van der Waals surface area contributed by atoms with Crippen LogP contribution in [-0.2, 0) is 11.3 Å². The Kier molecular flexibility index (Phi) is 5.16. The first kappa shape index (κ1) is 15.3. The highest BCUT2D eigenvalue weighted by molar-refractivity contribution is 9.10. The zero-order valence-electron chi connectivity index (χ0n) is 11.6. The first-order valence-electron chi connectivity index (χ1n) is 6.14. The van der Waals surface area contributed by atoms with Gasteiger partial charge in [-0.1, -0.05) is 22.0 Å². The molecule has 0 bridgehead atoms. The molecule has 0 saturated heterocycles. The van der Waals surface area contributed by atoms with E-state index < -0.39 is 5.97 Å². The average Bonchev–Trinajstić information content (AvgIpc) is 2.53. The highest BCUT2D eigenvalue weighted by atomic mass is 79.9. The highest BCUT2D eigenvalue weighted by Crippen LogP contribution is 2.33. The van der Waals surface area contributed by atoms with Crippen LogP contribution in [0.15, 0.2) is 41.0 Å². The third-order valence-electron chi connectivity index (χ3n) is 2.79. The molecule has 0 N–H and O–H groups in total. The molecule has 0 aliphatic carbocycles. The number of esters is 1. The minimum atomic E-state index is -0.475. The third-order valence-corrected chi connectivity index (χ3v) is 3.52. The number of halogens is 1. The van der Waals surface area contributed by atoms with Crippen molar-refractivity contribution < 1.29 is 19.0 Å². The van der Waals surface area contributed by atoms with Gasteiger partial charge < -0.3 is 14.2 Å². The average molecular weight is 352 g/mol. The standard InChI is InChI=1S/C15H14BrNO4/c1-19-13-7-10(11(16)8-14(13)20-2)9-21-15(18)12-5-3-4-6-17-12/h3-8H,9H2,1-2H3. The second-order valence-corrected chi connectivity index (χ2v) is 4.94. The lowest BCUT2D eigenvalue weighted by Crippen LogP contribution is -2.07. The molecule has 0 radical (unpaired) electrons. The smallest absolute Gasteiger partial charge is 0.357 e. The molecule has 1 heterocycles. The molecule has 2 aromatic rings. The van der Waals surface area contributed by atoms with Crippen LogP contribution in [0.1, 0.15) is 16.1 Å². The minimum absolute atomic E-state index is 0.107. The molecule has 2 rings (SSSR count). The van der Waals surface area contributed by atoms with Crippen molar-refractivity contribution >= 4 is 21.9 Å². The van der Waals surface area contributed by atoms with Crippen LogP contribution in [0, 0.1) is 0 Å². The van der Waals surface area contributed by atoms with Crippen molar-refractivity contribution in [3.05, 3.63) is 52.3 Å². The van der Waals surface area contributed by atoms with Gasteiger partial charge in [-0.05, 0) is 24.3 Å². The van der Waals surface area contributed by atoms with Gasteiger partial charge in [0.15, 0.2) is 11.5 Å². The Morgan fingerprint density at radius 1 is 1.19 bits per heavy atom. The summed E-state index contributed by atoms with van der Waals surface area (Å²) in [6.07, 6.45) is 1.54. The van der Waals surface area contributed by atoms with Crippen molar-refractivity contribution in [3.63, 3.8) is 0 Å². The number of carbonyl (C=O) groups is 1. The summed E-state index contributed by atoms with van der Waals surface area (Å²) in [7, 11) is 3.11. The maximum absolute atomic E-state index is 11.9. The SMILES string of the molecule is COc1cc(Br)c(COC(=O)c2ccccn2)cc1OC. The molecule has 0 aliphatic heterocycles. The summed E-state index contributed by atoms with van der Waals surface area (Å²) in [5, 5.41) is 0. The Labute approximate surface area is 131 Å². The van der Waals surface area contributed by atoms with Gasteiger partial charge in [0.2, 0.25) is 0 Å². The number of rotatable bonds is 5. The number of benzene rings is 1. The lowest BCUT2D eigenvalue weighted by Gasteiger charge is -2.12. The molecule has 0 amide bonds. The van der Waals surface area contributed by atoms with Gasteiger partial charge in [-0.25, -0.2) is 9.78 Å². The van der Waals surface area contributed by atoms with E-state index >= 15 is 0 Å². The van der Waals surface area contributed by atoms with E-state index in [2.05, 4.69) is 20.9 Å². The largest absolute Gasteiger partial charge is 0.493 e. The molecule has 5 nitrogen and oxygen atoms in total. The van der Waals surface area contributed by atoms with Crippen molar-refractivity contribution in [2.45, 2.75) is 6.61 Å². The Morgan fingerprint density at radius 2 is 1.90 bits per heavy atom. The second kappa shape index (κ2) is 7.08. The summed E-state index contributed by atoms with van der Waals surface area (Å²) < 4.78 is 16.4. The Hall–Kier alpha value is -2.08. The fourth-order valence-corrected chi connectivity index (χ4v) is 2.14.